The predicted molar refractivity (Wildman–Crippen MR) is 80.3 cm³/mol. The van der Waals surface area contributed by atoms with E-state index in [9.17, 15) is 9.18 Å². The van der Waals surface area contributed by atoms with Crippen LogP contribution >= 0.6 is 27.5 Å². The topological polar surface area (TPSA) is 29.1 Å². The van der Waals surface area contributed by atoms with Gasteiger partial charge in [-0.15, -0.1) is 0 Å². The first-order chi connectivity index (χ1) is 8.90. The van der Waals surface area contributed by atoms with Gasteiger partial charge in [0.05, 0.1) is 6.42 Å². The summed E-state index contributed by atoms with van der Waals surface area (Å²) in [5.74, 6) is -0.109. The summed E-state index contributed by atoms with van der Waals surface area (Å²) in [6, 6.07) is 4.41. The molecule has 0 fully saturated rings. The molecule has 106 valence electrons. The van der Waals surface area contributed by atoms with Crippen molar-refractivity contribution in [3.63, 3.8) is 0 Å². The monoisotopic (exact) mass is 349 g/mol. The first kappa shape index (κ1) is 16.4. The molecule has 1 atom stereocenters. The molecule has 19 heavy (non-hydrogen) atoms. The van der Waals surface area contributed by atoms with Crippen LogP contribution in [0.15, 0.2) is 18.2 Å². The number of alkyl halides is 1. The summed E-state index contributed by atoms with van der Waals surface area (Å²) in [5.41, 5.74) is 0.247. The summed E-state index contributed by atoms with van der Waals surface area (Å²) >= 11 is 9.38. The lowest BCUT2D eigenvalue weighted by Crippen LogP contribution is -2.31. The van der Waals surface area contributed by atoms with Crippen LogP contribution in [0.3, 0.4) is 0 Å². The van der Waals surface area contributed by atoms with Gasteiger partial charge in [0, 0.05) is 22.0 Å². The Labute approximate surface area is 126 Å². The molecule has 0 radical (unpaired) electrons. The zero-order valence-electron chi connectivity index (χ0n) is 11.1. The molecule has 0 heterocycles. The molecule has 0 aliphatic heterocycles. The lowest BCUT2D eigenvalue weighted by atomic mass is 10.1. The van der Waals surface area contributed by atoms with Gasteiger partial charge in [-0.3, -0.25) is 4.79 Å². The highest BCUT2D eigenvalue weighted by atomic mass is 79.9. The third-order valence-electron chi connectivity index (χ3n) is 2.65. The van der Waals surface area contributed by atoms with Crippen molar-refractivity contribution < 1.29 is 9.18 Å². The highest BCUT2D eigenvalue weighted by Crippen LogP contribution is 2.19. The number of carbonyl (C=O) groups excluding carboxylic acids is 1. The van der Waals surface area contributed by atoms with Crippen molar-refractivity contribution in [2.24, 2.45) is 5.92 Å². The van der Waals surface area contributed by atoms with E-state index >= 15 is 0 Å². The van der Waals surface area contributed by atoms with E-state index < -0.39 is 5.82 Å². The Kier molecular flexibility index (Phi) is 6.80. The molecular formula is C14H18BrClFNO. The smallest absolute Gasteiger partial charge is 0.224 e. The first-order valence-electron chi connectivity index (χ1n) is 6.23. The van der Waals surface area contributed by atoms with Gasteiger partial charge in [-0.2, -0.15) is 0 Å². The fraction of sp³-hybridized carbons (Fsp3) is 0.500. The summed E-state index contributed by atoms with van der Waals surface area (Å²) in [6.07, 6.45) is 0.938. The number of benzene rings is 1. The van der Waals surface area contributed by atoms with Crippen LogP contribution in [0, 0.1) is 11.7 Å². The molecule has 1 unspecified atom stereocenters. The van der Waals surface area contributed by atoms with Crippen LogP contribution in [-0.2, 0) is 11.2 Å². The van der Waals surface area contributed by atoms with Crippen molar-refractivity contribution in [3.8, 4) is 0 Å². The molecule has 5 heteroatoms. The number of halogens is 3. The van der Waals surface area contributed by atoms with Gasteiger partial charge in [-0.05, 0) is 24.5 Å². The number of rotatable bonds is 6. The fourth-order valence-electron chi connectivity index (χ4n) is 1.74. The van der Waals surface area contributed by atoms with Crippen molar-refractivity contribution in [3.05, 3.63) is 34.6 Å². The van der Waals surface area contributed by atoms with Gasteiger partial charge < -0.3 is 5.32 Å². The van der Waals surface area contributed by atoms with E-state index in [0.717, 1.165) is 6.42 Å². The lowest BCUT2D eigenvalue weighted by Gasteiger charge is -2.13. The van der Waals surface area contributed by atoms with Gasteiger partial charge in [-0.25, -0.2) is 4.39 Å². The van der Waals surface area contributed by atoms with Crippen molar-refractivity contribution in [2.75, 3.05) is 6.54 Å². The quantitative estimate of drug-likeness (QED) is 0.773. The zero-order valence-corrected chi connectivity index (χ0v) is 13.4. The second-order valence-corrected chi connectivity index (χ2v) is 6.61. The van der Waals surface area contributed by atoms with E-state index in [0.29, 0.717) is 12.5 Å². The third kappa shape index (κ3) is 5.91. The average molecular weight is 351 g/mol. The van der Waals surface area contributed by atoms with Crippen molar-refractivity contribution in [2.45, 2.75) is 31.5 Å². The largest absolute Gasteiger partial charge is 0.355 e. The highest BCUT2D eigenvalue weighted by Gasteiger charge is 2.13. The molecule has 1 amide bonds. The van der Waals surface area contributed by atoms with Gasteiger partial charge in [-0.1, -0.05) is 47.4 Å². The Morgan fingerprint density at radius 2 is 2.16 bits per heavy atom. The second kappa shape index (κ2) is 7.85. The summed E-state index contributed by atoms with van der Waals surface area (Å²) in [5, 5.41) is 3.06. The lowest BCUT2D eigenvalue weighted by molar-refractivity contribution is -0.120. The molecule has 0 bridgehead atoms. The van der Waals surface area contributed by atoms with Crippen molar-refractivity contribution in [1.82, 2.24) is 5.32 Å². The molecule has 0 aliphatic carbocycles. The standard InChI is InChI=1S/C14H18BrClFNO/c1-9(2)6-10(15)8-18-14(19)7-11-12(16)4-3-5-13(11)17/h3-5,9-10H,6-8H2,1-2H3,(H,18,19). The molecule has 1 aromatic rings. The van der Waals surface area contributed by atoms with Gasteiger partial charge in [0.1, 0.15) is 5.82 Å². The number of hydrogen-bond acceptors (Lipinski definition) is 1. The molecule has 0 aliphatic rings. The normalized spacial score (nSPS) is 12.5. The predicted octanol–water partition coefficient (Wildman–Crippen LogP) is 3.95. The van der Waals surface area contributed by atoms with Gasteiger partial charge >= 0.3 is 0 Å². The Morgan fingerprint density at radius 3 is 2.74 bits per heavy atom. The minimum absolute atomic E-state index is 0.0348. The maximum Gasteiger partial charge on any atom is 0.224 e. The minimum atomic E-state index is -0.444. The van der Waals surface area contributed by atoms with Crippen LogP contribution in [0.2, 0.25) is 5.02 Å². The van der Waals surface area contributed by atoms with Gasteiger partial charge in [0.25, 0.3) is 0 Å². The number of nitrogens with one attached hydrogen (secondary N) is 1. The third-order valence-corrected chi connectivity index (χ3v) is 3.70. The van der Waals surface area contributed by atoms with Crippen LogP contribution < -0.4 is 5.32 Å². The van der Waals surface area contributed by atoms with Crippen molar-refractivity contribution in [1.29, 1.82) is 0 Å². The number of amides is 1. The Morgan fingerprint density at radius 1 is 1.47 bits per heavy atom. The maximum absolute atomic E-state index is 13.5. The van der Waals surface area contributed by atoms with E-state index in [1.54, 1.807) is 6.07 Å². The molecule has 1 aromatic carbocycles. The molecule has 0 spiro atoms. The van der Waals surface area contributed by atoms with Crippen LogP contribution in [0.1, 0.15) is 25.8 Å². The van der Waals surface area contributed by atoms with Crippen LogP contribution in [0.4, 0.5) is 4.39 Å². The van der Waals surface area contributed by atoms with E-state index in [1.165, 1.54) is 12.1 Å². The summed E-state index contributed by atoms with van der Waals surface area (Å²) in [6.45, 7) is 4.77. The molecule has 0 aromatic heterocycles. The minimum Gasteiger partial charge on any atom is -0.355 e. The van der Waals surface area contributed by atoms with E-state index in [4.69, 9.17) is 11.6 Å². The molecular weight excluding hydrogens is 333 g/mol. The Balaban J connectivity index is 2.48. The van der Waals surface area contributed by atoms with Crippen LogP contribution in [0.5, 0.6) is 0 Å². The average Bonchev–Trinajstić information content (AvgIpc) is 2.30. The van der Waals surface area contributed by atoms with E-state index in [1.807, 2.05) is 0 Å². The Hall–Kier alpha value is -0.610. The number of carbonyl (C=O) groups is 1. The second-order valence-electron chi connectivity index (χ2n) is 4.91. The van der Waals surface area contributed by atoms with Gasteiger partial charge in [0.2, 0.25) is 5.91 Å². The summed E-state index contributed by atoms with van der Waals surface area (Å²) in [4.78, 5) is 12.0. The van der Waals surface area contributed by atoms with E-state index in [2.05, 4.69) is 35.1 Å². The molecule has 1 rings (SSSR count). The Bertz CT molecular complexity index is 419. The molecule has 2 nitrogen and oxygen atoms in total. The molecule has 0 saturated carbocycles. The van der Waals surface area contributed by atoms with Crippen molar-refractivity contribution >= 4 is 33.4 Å². The van der Waals surface area contributed by atoms with Gasteiger partial charge in [0.15, 0.2) is 0 Å². The maximum atomic E-state index is 13.5. The fourth-order valence-corrected chi connectivity index (χ4v) is 2.88. The highest BCUT2D eigenvalue weighted by molar-refractivity contribution is 9.09. The molecule has 0 saturated heterocycles. The van der Waals surface area contributed by atoms with Crippen LogP contribution in [0.25, 0.3) is 0 Å². The summed E-state index contributed by atoms with van der Waals surface area (Å²) in [7, 11) is 0. The zero-order chi connectivity index (χ0) is 14.4. The van der Waals surface area contributed by atoms with Crippen LogP contribution in [-0.4, -0.2) is 17.3 Å². The number of hydrogen-bond donors (Lipinski definition) is 1. The summed E-state index contributed by atoms with van der Waals surface area (Å²) < 4.78 is 13.5. The first-order valence-corrected chi connectivity index (χ1v) is 7.53. The molecule has 1 N–H and O–H groups in total. The van der Waals surface area contributed by atoms with E-state index in [-0.39, 0.29) is 27.7 Å². The SMILES string of the molecule is CC(C)CC(Br)CNC(=O)Cc1c(F)cccc1Cl.